The van der Waals surface area contributed by atoms with Crippen LogP contribution in [0.4, 0.5) is 0 Å². The molecule has 0 bridgehead atoms. The fourth-order valence-corrected chi connectivity index (χ4v) is 0.921. The Labute approximate surface area is 72.7 Å². The summed E-state index contributed by atoms with van der Waals surface area (Å²) in [7, 11) is 3.33. The van der Waals surface area contributed by atoms with Crippen LogP contribution >= 0.6 is 0 Å². The molecule has 0 aromatic heterocycles. The first-order valence-electron chi connectivity index (χ1n) is 3.96. The number of aliphatic hydroxyl groups is 1. The van der Waals surface area contributed by atoms with Gasteiger partial charge < -0.3 is 15.4 Å². The lowest BCUT2D eigenvalue weighted by molar-refractivity contribution is -0.130. The molecule has 12 heavy (non-hydrogen) atoms. The second-order valence-corrected chi connectivity index (χ2v) is 2.87. The summed E-state index contributed by atoms with van der Waals surface area (Å²) in [4.78, 5) is 12.7. The van der Waals surface area contributed by atoms with E-state index >= 15 is 0 Å². The lowest BCUT2D eigenvalue weighted by Gasteiger charge is -2.15. The fourth-order valence-electron chi connectivity index (χ4n) is 0.921. The van der Waals surface area contributed by atoms with Crippen LogP contribution in [0.1, 0.15) is 12.8 Å². The summed E-state index contributed by atoms with van der Waals surface area (Å²) in [6.07, 6.45) is 2.26. The molecule has 0 aliphatic rings. The molecule has 0 spiro atoms. The third kappa shape index (κ3) is 3.48. The highest BCUT2D eigenvalue weighted by atomic mass is 16.3. The highest BCUT2D eigenvalue weighted by Gasteiger charge is 2.16. The molecule has 1 atom stereocenters. The third-order valence-corrected chi connectivity index (χ3v) is 1.63. The predicted molar refractivity (Wildman–Crippen MR) is 47.3 cm³/mol. The molecule has 0 aromatic carbocycles. The van der Waals surface area contributed by atoms with Crippen LogP contribution < -0.4 is 0 Å². The maximum absolute atomic E-state index is 11.3. The van der Waals surface area contributed by atoms with E-state index in [1.807, 2.05) is 0 Å². The van der Waals surface area contributed by atoms with Crippen molar-refractivity contribution in [2.75, 3.05) is 20.7 Å². The van der Waals surface area contributed by atoms with Gasteiger partial charge in [0.1, 0.15) is 0 Å². The van der Waals surface area contributed by atoms with Crippen LogP contribution in [0.15, 0.2) is 0 Å². The van der Waals surface area contributed by atoms with Gasteiger partial charge in [-0.3, -0.25) is 4.79 Å². The molecule has 0 heterocycles. The van der Waals surface area contributed by atoms with Gasteiger partial charge in [0.15, 0.2) is 0 Å². The Bertz CT molecular complexity index is 157. The Morgan fingerprint density at radius 1 is 1.67 bits per heavy atom. The van der Waals surface area contributed by atoms with E-state index in [2.05, 4.69) is 0 Å². The summed E-state index contributed by atoms with van der Waals surface area (Å²) < 4.78 is 0. The molecule has 4 nitrogen and oxygen atoms in total. The Balaban J connectivity index is 3.96. The number of nitrogens with zero attached hydrogens (tertiary/aromatic N) is 1. The Hall–Kier alpha value is -0.900. The summed E-state index contributed by atoms with van der Waals surface area (Å²) in [5.74, 6) is -0.439. The van der Waals surface area contributed by atoms with E-state index in [0.717, 1.165) is 6.21 Å². The third-order valence-electron chi connectivity index (χ3n) is 1.63. The summed E-state index contributed by atoms with van der Waals surface area (Å²) in [5.41, 5.74) is 0. The van der Waals surface area contributed by atoms with Crippen molar-refractivity contribution in [2.45, 2.75) is 12.8 Å². The molecule has 2 N–H and O–H groups in total. The number of hydrogen-bond acceptors (Lipinski definition) is 3. The Morgan fingerprint density at radius 3 is 2.58 bits per heavy atom. The minimum atomic E-state index is -0.368. The number of nitrogens with one attached hydrogen (secondary N) is 1. The number of amides is 1. The number of carbonyl (C=O) groups is 1. The van der Waals surface area contributed by atoms with E-state index in [9.17, 15) is 4.79 Å². The van der Waals surface area contributed by atoms with Crippen LogP contribution in [0.2, 0.25) is 0 Å². The van der Waals surface area contributed by atoms with Gasteiger partial charge in [0.2, 0.25) is 5.91 Å². The van der Waals surface area contributed by atoms with Gasteiger partial charge in [-0.2, -0.15) is 0 Å². The molecular formula is C8H16N2O2. The molecule has 1 amide bonds. The second-order valence-electron chi connectivity index (χ2n) is 2.87. The van der Waals surface area contributed by atoms with Gasteiger partial charge >= 0.3 is 0 Å². The highest BCUT2D eigenvalue weighted by Crippen LogP contribution is 2.05. The second kappa shape index (κ2) is 5.71. The maximum atomic E-state index is 11.3. The Kier molecular flexibility index (Phi) is 5.28. The molecule has 0 radical (unpaired) electrons. The van der Waals surface area contributed by atoms with Crippen LogP contribution in [-0.2, 0) is 4.79 Å². The number of rotatable bonds is 5. The van der Waals surface area contributed by atoms with E-state index in [1.54, 1.807) is 14.1 Å². The molecule has 0 aromatic rings. The molecule has 70 valence electrons. The van der Waals surface area contributed by atoms with E-state index in [0.29, 0.717) is 12.8 Å². The zero-order valence-electron chi connectivity index (χ0n) is 7.58. The summed E-state index contributed by atoms with van der Waals surface area (Å²) >= 11 is 0. The first-order valence-corrected chi connectivity index (χ1v) is 3.96. The number of hydrogen-bond donors (Lipinski definition) is 2. The minimum absolute atomic E-state index is 0.0709. The largest absolute Gasteiger partial charge is 0.396 e. The van der Waals surface area contributed by atoms with Gasteiger partial charge in [-0.05, 0) is 12.8 Å². The van der Waals surface area contributed by atoms with Crippen molar-refractivity contribution < 1.29 is 9.90 Å². The summed E-state index contributed by atoms with van der Waals surface area (Å²) in [6.45, 7) is 0.0745. The standard InChI is InChI=1S/C8H16N2O2/c1-10(2)8(12)7(6-9)4-3-5-11/h6-7,9,11H,3-5H2,1-2H3. The van der Waals surface area contributed by atoms with Crippen LogP contribution in [0.25, 0.3) is 0 Å². The van der Waals surface area contributed by atoms with Crippen molar-refractivity contribution in [3.63, 3.8) is 0 Å². The van der Waals surface area contributed by atoms with Gasteiger partial charge in [0.25, 0.3) is 0 Å². The average Bonchev–Trinajstić information content (AvgIpc) is 2.05. The molecule has 0 aliphatic heterocycles. The molecule has 0 saturated carbocycles. The normalized spacial score (nSPS) is 12.2. The van der Waals surface area contributed by atoms with Crippen LogP contribution in [0.5, 0.6) is 0 Å². The minimum Gasteiger partial charge on any atom is -0.396 e. The molecule has 0 aliphatic carbocycles. The van der Waals surface area contributed by atoms with Crippen molar-refractivity contribution in [1.29, 1.82) is 5.41 Å². The van der Waals surface area contributed by atoms with Gasteiger partial charge in [-0.1, -0.05) is 0 Å². The van der Waals surface area contributed by atoms with E-state index < -0.39 is 0 Å². The zero-order chi connectivity index (χ0) is 9.56. The molecule has 0 fully saturated rings. The van der Waals surface area contributed by atoms with Crippen molar-refractivity contribution >= 4 is 12.1 Å². The smallest absolute Gasteiger partial charge is 0.230 e. The SMILES string of the molecule is CN(C)C(=O)C(C=N)CCCO. The number of aliphatic hydroxyl groups excluding tert-OH is 1. The molecule has 0 rings (SSSR count). The van der Waals surface area contributed by atoms with E-state index in [-0.39, 0.29) is 18.4 Å². The molecule has 4 heteroatoms. The lowest BCUT2D eigenvalue weighted by Crippen LogP contribution is -2.30. The highest BCUT2D eigenvalue weighted by molar-refractivity contribution is 5.92. The predicted octanol–water partition coefficient (Wildman–Crippen LogP) is 0.113. The first kappa shape index (κ1) is 11.1. The first-order chi connectivity index (χ1) is 5.63. The van der Waals surface area contributed by atoms with Gasteiger partial charge in [-0.25, -0.2) is 0 Å². The quantitative estimate of drug-likeness (QED) is 0.578. The van der Waals surface area contributed by atoms with Gasteiger partial charge in [0, 0.05) is 26.9 Å². The van der Waals surface area contributed by atoms with Crippen LogP contribution in [0.3, 0.4) is 0 Å². The van der Waals surface area contributed by atoms with Crippen molar-refractivity contribution in [3.05, 3.63) is 0 Å². The lowest BCUT2D eigenvalue weighted by atomic mass is 10.0. The van der Waals surface area contributed by atoms with E-state index in [1.165, 1.54) is 4.90 Å². The summed E-state index contributed by atoms with van der Waals surface area (Å²) in [6, 6.07) is 0. The Morgan fingerprint density at radius 2 is 2.25 bits per heavy atom. The summed E-state index contributed by atoms with van der Waals surface area (Å²) in [5, 5.41) is 15.5. The fraction of sp³-hybridized carbons (Fsp3) is 0.750. The topological polar surface area (TPSA) is 64.4 Å². The average molecular weight is 172 g/mol. The van der Waals surface area contributed by atoms with Crippen molar-refractivity contribution in [2.24, 2.45) is 5.92 Å². The molecule has 0 saturated heterocycles. The van der Waals surface area contributed by atoms with Crippen molar-refractivity contribution in [1.82, 2.24) is 4.90 Å². The van der Waals surface area contributed by atoms with Gasteiger partial charge in [0.05, 0.1) is 5.92 Å². The molecular weight excluding hydrogens is 156 g/mol. The zero-order valence-corrected chi connectivity index (χ0v) is 7.58. The molecule has 1 unspecified atom stereocenters. The van der Waals surface area contributed by atoms with Crippen molar-refractivity contribution in [3.8, 4) is 0 Å². The maximum Gasteiger partial charge on any atom is 0.230 e. The van der Waals surface area contributed by atoms with Gasteiger partial charge in [-0.15, -0.1) is 0 Å². The monoisotopic (exact) mass is 172 g/mol. The van der Waals surface area contributed by atoms with Crippen LogP contribution in [-0.4, -0.2) is 42.8 Å². The van der Waals surface area contributed by atoms with E-state index in [4.69, 9.17) is 10.5 Å². The number of carbonyl (C=O) groups excluding carboxylic acids is 1. The van der Waals surface area contributed by atoms with Crippen LogP contribution in [0, 0.1) is 11.3 Å².